The monoisotopic (exact) mass is 544 g/mol. The fourth-order valence-corrected chi connectivity index (χ4v) is 5.50. The molecule has 38 heavy (non-hydrogen) atoms. The molecule has 13 heteroatoms. The molecule has 0 spiro atoms. The lowest BCUT2D eigenvalue weighted by Gasteiger charge is -2.28. The van der Waals surface area contributed by atoms with Crippen molar-refractivity contribution in [1.29, 1.82) is 0 Å². The quantitative estimate of drug-likeness (QED) is 0.348. The highest BCUT2D eigenvalue weighted by Crippen LogP contribution is 2.33. The van der Waals surface area contributed by atoms with Crippen LogP contribution >= 0.6 is 11.3 Å². The van der Waals surface area contributed by atoms with Crippen molar-refractivity contribution in [2.45, 2.75) is 58.8 Å². The summed E-state index contributed by atoms with van der Waals surface area (Å²) in [6.07, 6.45) is 1.58. The number of aryl methyl sites for hydroxylation is 1. The zero-order chi connectivity index (χ0) is 27.9. The van der Waals surface area contributed by atoms with Gasteiger partial charge in [0.25, 0.3) is 5.56 Å². The highest BCUT2D eigenvalue weighted by atomic mass is 32.1. The van der Waals surface area contributed by atoms with E-state index in [1.165, 1.54) is 54.8 Å². The number of benzene rings is 1. The summed E-state index contributed by atoms with van der Waals surface area (Å²) in [5.74, 6) is -0.878. The van der Waals surface area contributed by atoms with Gasteiger partial charge in [0, 0.05) is 17.2 Å². The maximum absolute atomic E-state index is 14.1. The van der Waals surface area contributed by atoms with Gasteiger partial charge in [0.2, 0.25) is 5.91 Å². The molecule has 0 radical (unpaired) electrons. The Kier molecular flexibility index (Phi) is 7.26. The molecule has 0 aliphatic heterocycles. The van der Waals surface area contributed by atoms with Gasteiger partial charge in [-0.25, -0.2) is 13.8 Å². The molecule has 0 fully saturated rings. The van der Waals surface area contributed by atoms with E-state index in [1.807, 2.05) is 0 Å². The first-order valence-electron chi connectivity index (χ1n) is 11.9. The molecule has 11 nitrogen and oxygen atoms in total. The first-order valence-corrected chi connectivity index (χ1v) is 12.7. The van der Waals surface area contributed by atoms with Crippen LogP contribution in [0.25, 0.3) is 15.2 Å². The minimum atomic E-state index is -1.58. The van der Waals surface area contributed by atoms with Gasteiger partial charge >= 0.3 is 5.69 Å². The highest BCUT2D eigenvalue weighted by molar-refractivity contribution is 7.21. The number of amides is 1. The van der Waals surface area contributed by atoms with Crippen LogP contribution in [0.15, 0.2) is 40.2 Å². The molecule has 2 N–H and O–H groups in total. The molecule has 3 aromatic heterocycles. The van der Waals surface area contributed by atoms with E-state index in [2.05, 4.69) is 15.5 Å². The molecule has 0 aliphatic carbocycles. The van der Waals surface area contributed by atoms with Crippen LogP contribution in [-0.2, 0) is 16.9 Å². The number of rotatable bonds is 8. The van der Waals surface area contributed by atoms with Crippen LogP contribution in [-0.4, -0.2) is 48.3 Å². The van der Waals surface area contributed by atoms with E-state index in [0.29, 0.717) is 10.6 Å². The number of aliphatic hydroxyl groups is 1. The standard InChI is InChI=1S/C25H29FN6O5S/c1-13(2)29-23(35)25(4,5)31-20(34)19-14(3)21(32-27-9-10-28-32)38-22(19)30(24(31)36)12-17(33)16-11-15(26)7-8-18(16)37-6/h7-11,13,17,33H,12H2,1-6H3,(H,29,35)/t17-/m0/s1. The maximum Gasteiger partial charge on any atom is 0.333 e. The summed E-state index contributed by atoms with van der Waals surface area (Å²) >= 11 is 1.10. The number of fused-ring (bicyclic) bond motifs is 1. The second kappa shape index (κ2) is 10.1. The average Bonchev–Trinajstić information content (AvgIpc) is 3.49. The Bertz CT molecular complexity index is 1620. The first-order chi connectivity index (χ1) is 17.9. The summed E-state index contributed by atoms with van der Waals surface area (Å²) in [6.45, 7) is 7.86. The molecule has 0 bridgehead atoms. The van der Waals surface area contributed by atoms with Crippen molar-refractivity contribution in [2.75, 3.05) is 7.11 Å². The molecule has 0 saturated carbocycles. The van der Waals surface area contributed by atoms with E-state index in [0.717, 1.165) is 22.0 Å². The summed E-state index contributed by atoms with van der Waals surface area (Å²) in [5, 5.41) is 22.9. The van der Waals surface area contributed by atoms with Crippen molar-refractivity contribution in [3.63, 3.8) is 0 Å². The molecule has 1 aromatic carbocycles. The second-order valence-corrected chi connectivity index (χ2v) is 10.6. The molecule has 0 unspecified atom stereocenters. The largest absolute Gasteiger partial charge is 0.496 e. The van der Waals surface area contributed by atoms with Gasteiger partial charge < -0.3 is 15.2 Å². The van der Waals surface area contributed by atoms with E-state index in [9.17, 15) is 23.9 Å². The Labute approximate surface area is 221 Å². The smallest absolute Gasteiger partial charge is 0.333 e. The third kappa shape index (κ3) is 4.63. The van der Waals surface area contributed by atoms with Crippen LogP contribution in [0.2, 0.25) is 0 Å². The SMILES string of the molecule is COc1ccc(F)cc1[C@@H](O)Cn1c(=O)n(C(C)(C)C(=O)NC(C)C)c(=O)c2c(C)c(-n3nccn3)sc21. The predicted octanol–water partition coefficient (Wildman–Crippen LogP) is 2.25. The molecule has 0 saturated heterocycles. The van der Waals surface area contributed by atoms with E-state index >= 15 is 0 Å². The molecule has 202 valence electrons. The van der Waals surface area contributed by atoms with Crippen LogP contribution < -0.4 is 21.3 Å². The molecule has 1 atom stereocenters. The molecule has 4 aromatic rings. The molecule has 3 heterocycles. The van der Waals surface area contributed by atoms with Crippen LogP contribution in [0.3, 0.4) is 0 Å². The Hall–Kier alpha value is -3.84. The lowest BCUT2D eigenvalue weighted by molar-refractivity contribution is -0.129. The van der Waals surface area contributed by atoms with Crippen LogP contribution in [0.4, 0.5) is 4.39 Å². The zero-order valence-electron chi connectivity index (χ0n) is 21.9. The minimum Gasteiger partial charge on any atom is -0.496 e. The number of carbonyl (C=O) groups excluding carboxylic acids is 1. The van der Waals surface area contributed by atoms with Gasteiger partial charge in [-0.2, -0.15) is 10.2 Å². The Morgan fingerprint density at radius 3 is 2.50 bits per heavy atom. The van der Waals surface area contributed by atoms with Gasteiger partial charge in [-0.1, -0.05) is 11.3 Å². The number of nitrogens with zero attached hydrogens (tertiary/aromatic N) is 5. The Balaban J connectivity index is 2.01. The van der Waals surface area contributed by atoms with Gasteiger partial charge in [0.1, 0.15) is 33.0 Å². The average molecular weight is 545 g/mol. The van der Waals surface area contributed by atoms with Gasteiger partial charge in [-0.05, 0) is 52.8 Å². The van der Waals surface area contributed by atoms with E-state index in [4.69, 9.17) is 4.74 Å². The number of aliphatic hydroxyl groups excluding tert-OH is 1. The lowest BCUT2D eigenvalue weighted by Crippen LogP contribution is -2.56. The summed E-state index contributed by atoms with van der Waals surface area (Å²) in [4.78, 5) is 42.5. The van der Waals surface area contributed by atoms with Crippen molar-refractivity contribution in [2.24, 2.45) is 0 Å². The van der Waals surface area contributed by atoms with Crippen molar-refractivity contribution >= 4 is 27.5 Å². The Morgan fingerprint density at radius 1 is 1.24 bits per heavy atom. The molecular weight excluding hydrogens is 515 g/mol. The van der Waals surface area contributed by atoms with Crippen molar-refractivity contribution in [1.82, 2.24) is 29.4 Å². The molecule has 0 aliphatic rings. The lowest BCUT2D eigenvalue weighted by atomic mass is 10.0. The summed E-state index contributed by atoms with van der Waals surface area (Å²) in [7, 11) is 1.38. The number of carbonyl (C=O) groups is 1. The number of thiophene rings is 1. The number of hydrogen-bond acceptors (Lipinski definition) is 8. The van der Waals surface area contributed by atoms with Gasteiger partial charge in [0.05, 0.1) is 31.4 Å². The van der Waals surface area contributed by atoms with Gasteiger partial charge in [-0.3, -0.25) is 14.2 Å². The summed E-state index contributed by atoms with van der Waals surface area (Å²) in [6, 6.07) is 3.47. The summed E-state index contributed by atoms with van der Waals surface area (Å²) in [5.41, 5.74) is -2.40. The van der Waals surface area contributed by atoms with Crippen LogP contribution in [0.5, 0.6) is 5.75 Å². The second-order valence-electron chi connectivity index (χ2n) is 9.65. The number of ether oxygens (including phenoxy) is 1. The number of nitrogens with one attached hydrogen (secondary N) is 1. The van der Waals surface area contributed by atoms with E-state index in [-0.39, 0.29) is 34.1 Å². The fraction of sp³-hybridized carbons (Fsp3) is 0.400. The van der Waals surface area contributed by atoms with E-state index in [1.54, 1.807) is 20.8 Å². The van der Waals surface area contributed by atoms with Crippen LogP contribution in [0.1, 0.15) is 44.9 Å². The maximum atomic E-state index is 14.1. The molecule has 4 rings (SSSR count). The fourth-order valence-electron chi connectivity index (χ4n) is 4.28. The van der Waals surface area contributed by atoms with Crippen molar-refractivity contribution < 1.29 is 19.0 Å². The normalized spacial score (nSPS) is 12.8. The third-order valence-corrected chi connectivity index (χ3v) is 7.51. The van der Waals surface area contributed by atoms with E-state index < -0.39 is 34.6 Å². The van der Waals surface area contributed by atoms with Gasteiger partial charge in [-0.15, -0.1) is 4.80 Å². The van der Waals surface area contributed by atoms with Crippen molar-refractivity contribution in [3.8, 4) is 10.8 Å². The highest BCUT2D eigenvalue weighted by Gasteiger charge is 2.36. The number of hydrogen-bond donors (Lipinski definition) is 2. The third-order valence-electron chi connectivity index (χ3n) is 6.23. The number of halogens is 1. The topological polar surface area (TPSA) is 133 Å². The van der Waals surface area contributed by atoms with Crippen LogP contribution in [0, 0.1) is 12.7 Å². The molecular formula is C25H29FN6O5S. The first kappa shape index (κ1) is 27.2. The van der Waals surface area contributed by atoms with Gasteiger partial charge in [0.15, 0.2) is 0 Å². The minimum absolute atomic E-state index is 0.129. The summed E-state index contributed by atoms with van der Waals surface area (Å²) < 4.78 is 21.4. The molecule has 1 amide bonds. The predicted molar refractivity (Wildman–Crippen MR) is 141 cm³/mol. The Morgan fingerprint density at radius 2 is 1.89 bits per heavy atom. The number of methoxy groups -OCH3 is 1. The number of aromatic nitrogens is 5. The zero-order valence-corrected chi connectivity index (χ0v) is 22.7. The van der Waals surface area contributed by atoms with Crippen molar-refractivity contribution in [3.05, 3.63) is 68.4 Å².